The van der Waals surface area contributed by atoms with Gasteiger partial charge in [0.15, 0.2) is 5.11 Å². The Morgan fingerprint density at radius 1 is 1.17 bits per heavy atom. The van der Waals surface area contributed by atoms with Crippen molar-refractivity contribution in [2.75, 3.05) is 5.32 Å². The van der Waals surface area contributed by atoms with Gasteiger partial charge in [0.25, 0.3) is 0 Å². The number of carbonyl (C=O) groups is 1. The minimum atomic E-state index is -0.175. The first-order valence-corrected chi connectivity index (χ1v) is 9.61. The molecule has 4 aliphatic rings. The van der Waals surface area contributed by atoms with Crippen molar-refractivity contribution in [1.29, 1.82) is 0 Å². The largest absolute Gasteiger partial charge is 0.332 e. The third kappa shape index (κ3) is 2.95. The van der Waals surface area contributed by atoms with E-state index in [1.165, 1.54) is 19.3 Å². The van der Waals surface area contributed by atoms with Crippen molar-refractivity contribution in [3.63, 3.8) is 0 Å². The van der Waals surface area contributed by atoms with Crippen molar-refractivity contribution < 1.29 is 4.79 Å². The van der Waals surface area contributed by atoms with Gasteiger partial charge in [-0.05, 0) is 93.1 Å². The van der Waals surface area contributed by atoms with E-state index >= 15 is 0 Å². The molecule has 0 aliphatic heterocycles. The van der Waals surface area contributed by atoms with Crippen LogP contribution in [0.25, 0.3) is 0 Å². The minimum absolute atomic E-state index is 0.123. The number of nitrogens with one attached hydrogen (secondary N) is 2. The van der Waals surface area contributed by atoms with Gasteiger partial charge in [-0.2, -0.15) is 0 Å². The number of thiocarbonyl (C=S) groups is 1. The molecule has 0 unspecified atom stereocenters. The zero-order chi connectivity index (χ0) is 16.9. The standard InChI is InChI=1S/C19H23ClN2OS/c1-11-2-3-15(7-16(11)20)21-18(24)22-17(23)19-8-12-4-13(9-19)6-14(5-12)10-19/h2-3,7,12-14H,4-6,8-10H2,1H3,(H2,21,22,23,24). The summed E-state index contributed by atoms with van der Waals surface area (Å²) in [6.07, 6.45) is 7.13. The average molecular weight is 363 g/mol. The van der Waals surface area contributed by atoms with Crippen molar-refractivity contribution in [3.8, 4) is 0 Å². The molecule has 5 heteroatoms. The fourth-order valence-corrected chi connectivity index (χ4v) is 5.85. The molecule has 1 aromatic rings. The number of anilines is 1. The maximum Gasteiger partial charge on any atom is 0.232 e. The average Bonchev–Trinajstić information content (AvgIpc) is 2.49. The van der Waals surface area contributed by atoms with Crippen LogP contribution in [0.2, 0.25) is 5.02 Å². The Morgan fingerprint density at radius 2 is 1.75 bits per heavy atom. The van der Waals surface area contributed by atoms with Crippen molar-refractivity contribution in [3.05, 3.63) is 28.8 Å². The first kappa shape index (κ1) is 16.3. The molecule has 4 aliphatic carbocycles. The van der Waals surface area contributed by atoms with Gasteiger partial charge in [0, 0.05) is 10.7 Å². The second-order valence-electron chi connectivity index (χ2n) is 8.07. The lowest BCUT2D eigenvalue weighted by Crippen LogP contribution is -2.55. The molecule has 128 valence electrons. The summed E-state index contributed by atoms with van der Waals surface area (Å²) in [5, 5.41) is 7.11. The lowest BCUT2D eigenvalue weighted by atomic mass is 9.49. The lowest BCUT2D eigenvalue weighted by Gasteiger charge is -2.55. The number of benzene rings is 1. The molecule has 3 nitrogen and oxygen atoms in total. The lowest BCUT2D eigenvalue weighted by molar-refractivity contribution is -0.144. The summed E-state index contributed by atoms with van der Waals surface area (Å²) < 4.78 is 0. The van der Waals surface area contributed by atoms with Crippen molar-refractivity contribution in [1.82, 2.24) is 5.32 Å². The summed E-state index contributed by atoms with van der Waals surface area (Å²) >= 11 is 11.5. The molecule has 24 heavy (non-hydrogen) atoms. The Morgan fingerprint density at radius 3 is 2.29 bits per heavy atom. The van der Waals surface area contributed by atoms with E-state index in [1.807, 2.05) is 25.1 Å². The van der Waals surface area contributed by atoms with E-state index in [9.17, 15) is 4.79 Å². The molecule has 1 aromatic carbocycles. The molecule has 2 N–H and O–H groups in total. The summed E-state index contributed by atoms with van der Waals surface area (Å²) in [6.45, 7) is 1.96. The first-order valence-electron chi connectivity index (χ1n) is 8.82. The summed E-state index contributed by atoms with van der Waals surface area (Å²) in [5.41, 5.74) is 1.65. The van der Waals surface area contributed by atoms with Gasteiger partial charge < -0.3 is 10.6 Å². The van der Waals surface area contributed by atoms with Crippen molar-refractivity contribution >= 4 is 40.5 Å². The first-order chi connectivity index (χ1) is 11.4. The van der Waals surface area contributed by atoms with E-state index in [0.717, 1.165) is 48.3 Å². The zero-order valence-corrected chi connectivity index (χ0v) is 15.5. The predicted molar refractivity (Wildman–Crippen MR) is 101 cm³/mol. The number of carbonyl (C=O) groups excluding carboxylic acids is 1. The number of hydrogen-bond acceptors (Lipinski definition) is 2. The molecule has 0 saturated heterocycles. The molecule has 4 bridgehead atoms. The Hall–Kier alpha value is -1.13. The molecule has 0 spiro atoms. The highest BCUT2D eigenvalue weighted by molar-refractivity contribution is 7.80. The molecule has 4 saturated carbocycles. The van der Waals surface area contributed by atoms with E-state index < -0.39 is 0 Å². The third-order valence-corrected chi connectivity index (χ3v) is 6.79. The SMILES string of the molecule is Cc1ccc(NC(=S)NC(=O)C23CC4CC(CC(C4)C2)C3)cc1Cl. The molecule has 0 aromatic heterocycles. The smallest absolute Gasteiger partial charge is 0.232 e. The summed E-state index contributed by atoms with van der Waals surface area (Å²) in [4.78, 5) is 13.0. The normalized spacial score (nSPS) is 33.3. The second-order valence-corrected chi connectivity index (χ2v) is 8.89. The molecular formula is C19H23ClN2OS. The van der Waals surface area contributed by atoms with Crippen molar-refractivity contribution in [2.24, 2.45) is 23.2 Å². The predicted octanol–water partition coefficient (Wildman–Crippen LogP) is 4.68. The molecular weight excluding hydrogens is 340 g/mol. The van der Waals surface area contributed by atoms with Crippen LogP contribution in [0.4, 0.5) is 5.69 Å². The monoisotopic (exact) mass is 362 g/mol. The van der Waals surface area contributed by atoms with E-state index in [1.54, 1.807) is 0 Å². The van der Waals surface area contributed by atoms with Crippen molar-refractivity contribution in [2.45, 2.75) is 45.4 Å². The van der Waals surface area contributed by atoms with E-state index in [0.29, 0.717) is 10.1 Å². The Balaban J connectivity index is 1.42. The van der Waals surface area contributed by atoms with Crippen LogP contribution in [0.3, 0.4) is 0 Å². The molecule has 0 heterocycles. The second kappa shape index (κ2) is 5.99. The van der Waals surface area contributed by atoms with E-state index in [4.69, 9.17) is 23.8 Å². The van der Waals surface area contributed by atoms with Crippen LogP contribution in [0.1, 0.15) is 44.1 Å². The van der Waals surface area contributed by atoms with Crippen LogP contribution in [-0.4, -0.2) is 11.0 Å². The van der Waals surface area contributed by atoms with E-state index in [2.05, 4.69) is 10.6 Å². The Bertz CT molecular complexity index is 667. The quantitative estimate of drug-likeness (QED) is 0.750. The molecule has 1 amide bonds. The maximum absolute atomic E-state index is 13.0. The summed E-state index contributed by atoms with van der Waals surface area (Å²) in [7, 11) is 0. The third-order valence-electron chi connectivity index (χ3n) is 6.18. The highest BCUT2D eigenvalue weighted by atomic mass is 35.5. The Kier molecular flexibility index (Phi) is 4.08. The maximum atomic E-state index is 13.0. The number of hydrogen-bond donors (Lipinski definition) is 2. The number of halogens is 1. The zero-order valence-electron chi connectivity index (χ0n) is 13.9. The summed E-state index contributed by atoms with van der Waals surface area (Å²) in [5.74, 6) is 2.37. The van der Waals surface area contributed by atoms with Gasteiger partial charge >= 0.3 is 0 Å². The van der Waals surface area contributed by atoms with Crippen LogP contribution in [0.15, 0.2) is 18.2 Å². The van der Waals surface area contributed by atoms with Gasteiger partial charge in [-0.3, -0.25) is 4.79 Å². The highest BCUT2D eigenvalue weighted by Gasteiger charge is 2.54. The van der Waals surface area contributed by atoms with E-state index in [-0.39, 0.29) is 11.3 Å². The van der Waals surface area contributed by atoms with Crippen LogP contribution >= 0.6 is 23.8 Å². The molecule has 4 fully saturated rings. The molecule has 5 rings (SSSR count). The van der Waals surface area contributed by atoms with Crippen LogP contribution < -0.4 is 10.6 Å². The Labute approximate surface area is 153 Å². The van der Waals surface area contributed by atoms with Gasteiger partial charge in [0.2, 0.25) is 5.91 Å². The van der Waals surface area contributed by atoms with Crippen LogP contribution in [0, 0.1) is 30.1 Å². The molecule has 0 atom stereocenters. The van der Waals surface area contributed by atoms with Gasteiger partial charge in [0.05, 0.1) is 5.41 Å². The van der Waals surface area contributed by atoms with Gasteiger partial charge in [-0.15, -0.1) is 0 Å². The van der Waals surface area contributed by atoms with Crippen LogP contribution in [0.5, 0.6) is 0 Å². The van der Waals surface area contributed by atoms with Gasteiger partial charge in [-0.25, -0.2) is 0 Å². The fraction of sp³-hybridized carbons (Fsp3) is 0.579. The topological polar surface area (TPSA) is 41.1 Å². The summed E-state index contributed by atoms with van der Waals surface area (Å²) in [6, 6.07) is 5.69. The van der Waals surface area contributed by atoms with Crippen LogP contribution in [-0.2, 0) is 4.79 Å². The van der Waals surface area contributed by atoms with Gasteiger partial charge in [-0.1, -0.05) is 17.7 Å². The number of aryl methyl sites for hydroxylation is 1. The number of amides is 1. The molecule has 0 radical (unpaired) electrons. The number of rotatable bonds is 2. The van der Waals surface area contributed by atoms with Gasteiger partial charge in [0.1, 0.15) is 0 Å². The highest BCUT2D eigenvalue weighted by Crippen LogP contribution is 2.60. The minimum Gasteiger partial charge on any atom is -0.332 e. The fourth-order valence-electron chi connectivity index (χ4n) is 5.46.